The first kappa shape index (κ1) is 27.2. The Labute approximate surface area is 219 Å². The summed E-state index contributed by atoms with van der Waals surface area (Å²) in [6, 6.07) is 12.2. The smallest absolute Gasteiger partial charge is 0.224 e. The minimum atomic E-state index is -0.214. The Morgan fingerprint density at radius 1 is 1.22 bits per heavy atom. The summed E-state index contributed by atoms with van der Waals surface area (Å²) in [6.07, 6.45) is 2.44. The zero-order valence-electron chi connectivity index (χ0n) is 20.2. The molecule has 0 saturated heterocycles. The molecule has 0 atom stereocenters. The molecule has 1 aromatic heterocycles. The highest BCUT2D eigenvalue weighted by Crippen LogP contribution is 2.32. The van der Waals surface area contributed by atoms with E-state index in [1.165, 1.54) is 4.90 Å². The number of hydrogen-bond donors (Lipinski definition) is 2. The number of amides is 1. The van der Waals surface area contributed by atoms with Gasteiger partial charge in [-0.25, -0.2) is 9.97 Å². The maximum atomic E-state index is 13.2. The fraction of sp³-hybridized carbons (Fsp3) is 0.231. The van der Waals surface area contributed by atoms with Crippen LogP contribution in [-0.2, 0) is 11.3 Å². The summed E-state index contributed by atoms with van der Waals surface area (Å²) in [6.45, 7) is 5.22. The first-order chi connectivity index (χ1) is 17.2. The summed E-state index contributed by atoms with van der Waals surface area (Å²) in [5, 5.41) is 9.96. The highest BCUT2D eigenvalue weighted by molar-refractivity contribution is 8.17. The molecule has 0 aliphatic heterocycles. The minimum absolute atomic E-state index is 0.139. The van der Waals surface area contributed by atoms with Crippen LogP contribution in [0.3, 0.4) is 0 Å². The maximum absolute atomic E-state index is 13.2. The highest BCUT2D eigenvalue weighted by atomic mass is 35.5. The number of anilines is 1. The summed E-state index contributed by atoms with van der Waals surface area (Å²) in [5.41, 5.74) is 8.32. The summed E-state index contributed by atoms with van der Waals surface area (Å²) < 4.78 is 5.84. The van der Waals surface area contributed by atoms with E-state index in [2.05, 4.69) is 9.97 Å². The predicted molar refractivity (Wildman–Crippen MR) is 142 cm³/mol. The van der Waals surface area contributed by atoms with E-state index >= 15 is 0 Å². The van der Waals surface area contributed by atoms with Gasteiger partial charge in [-0.05, 0) is 74.5 Å². The van der Waals surface area contributed by atoms with E-state index in [1.807, 2.05) is 6.92 Å². The number of thioether (sulfide) groups is 1. The average Bonchev–Trinajstić information content (AvgIpc) is 2.83. The lowest BCUT2D eigenvalue weighted by molar-refractivity contribution is -0.116. The molecular formula is C26H27ClN4O4S. The normalized spacial score (nSPS) is 11.6. The summed E-state index contributed by atoms with van der Waals surface area (Å²) >= 11 is 6.99. The number of nitrogens with two attached hydrogens (primary N) is 1. The molecule has 3 N–H and O–H groups in total. The van der Waals surface area contributed by atoms with Gasteiger partial charge in [-0.15, -0.1) is 0 Å². The molecule has 0 fully saturated rings. The van der Waals surface area contributed by atoms with Crippen molar-refractivity contribution >= 4 is 40.7 Å². The molecule has 1 amide bonds. The molecule has 0 radical (unpaired) electrons. The van der Waals surface area contributed by atoms with Crippen molar-refractivity contribution in [1.29, 1.82) is 0 Å². The van der Waals surface area contributed by atoms with Gasteiger partial charge in [-0.2, -0.15) is 0 Å². The number of aliphatic hydroxyl groups excluding tert-OH is 1. The van der Waals surface area contributed by atoms with Gasteiger partial charge in [0, 0.05) is 46.0 Å². The molecular weight excluding hydrogens is 500 g/mol. The molecule has 0 aliphatic carbocycles. The molecule has 0 unspecified atom stereocenters. The Morgan fingerprint density at radius 3 is 2.61 bits per heavy atom. The van der Waals surface area contributed by atoms with E-state index in [4.69, 9.17) is 22.1 Å². The third kappa shape index (κ3) is 7.07. The van der Waals surface area contributed by atoms with Crippen LogP contribution in [0.1, 0.15) is 40.7 Å². The Bertz CT molecular complexity index is 1300. The number of ether oxygens (including phenoxy) is 1. The quantitative estimate of drug-likeness (QED) is 0.343. The second kappa shape index (κ2) is 12.5. The molecule has 3 rings (SSSR count). The van der Waals surface area contributed by atoms with Gasteiger partial charge in [-0.1, -0.05) is 17.7 Å². The monoisotopic (exact) mass is 526 g/mol. The molecule has 10 heteroatoms. The minimum Gasteiger partial charge on any atom is -0.457 e. The Kier molecular flexibility index (Phi) is 9.46. The van der Waals surface area contributed by atoms with Crippen molar-refractivity contribution in [3.8, 4) is 11.5 Å². The lowest BCUT2D eigenvalue weighted by Crippen LogP contribution is -2.22. The molecule has 0 aliphatic rings. The van der Waals surface area contributed by atoms with Crippen molar-refractivity contribution in [2.75, 3.05) is 12.3 Å². The first-order valence-electron chi connectivity index (χ1n) is 11.1. The van der Waals surface area contributed by atoms with Crippen LogP contribution in [0.5, 0.6) is 11.5 Å². The average molecular weight is 527 g/mol. The van der Waals surface area contributed by atoms with Gasteiger partial charge in [0.05, 0.1) is 6.54 Å². The topological polar surface area (TPSA) is 119 Å². The van der Waals surface area contributed by atoms with Crippen LogP contribution >= 0.6 is 23.4 Å². The molecule has 3 aromatic rings. The standard InChI is InChI=1S/C26H27ClN4O4S/c1-16-11-22(35-21-6-4-5-20(27)12-21)7-8-23(16)26(34)36-24(9-10-32)17(2)31(15-33)14-19-13-29-18(3)30-25(19)28/h4-8,11-13,15,32H,9-10,14H2,1-3H3,(H2,28,29,30)/b24-17-. The van der Waals surface area contributed by atoms with Crippen LogP contribution in [0.25, 0.3) is 0 Å². The third-order valence-electron chi connectivity index (χ3n) is 5.33. The van der Waals surface area contributed by atoms with E-state index in [-0.39, 0.29) is 30.5 Å². The van der Waals surface area contributed by atoms with Crippen molar-refractivity contribution in [2.24, 2.45) is 0 Å². The van der Waals surface area contributed by atoms with Crippen molar-refractivity contribution in [3.05, 3.63) is 86.8 Å². The van der Waals surface area contributed by atoms with E-state index in [1.54, 1.807) is 62.5 Å². The van der Waals surface area contributed by atoms with Crippen molar-refractivity contribution in [2.45, 2.75) is 33.7 Å². The van der Waals surface area contributed by atoms with E-state index in [9.17, 15) is 14.7 Å². The Balaban J connectivity index is 1.80. The number of carbonyl (C=O) groups excluding carboxylic acids is 2. The largest absolute Gasteiger partial charge is 0.457 e. The lowest BCUT2D eigenvalue weighted by Gasteiger charge is -2.22. The second-order valence-electron chi connectivity index (χ2n) is 7.97. The van der Waals surface area contributed by atoms with Crippen LogP contribution in [0.4, 0.5) is 5.82 Å². The molecule has 0 spiro atoms. The number of aromatic nitrogens is 2. The summed E-state index contributed by atoms with van der Waals surface area (Å²) in [7, 11) is 0. The van der Waals surface area contributed by atoms with Crippen LogP contribution in [-0.4, -0.2) is 38.1 Å². The van der Waals surface area contributed by atoms with E-state index in [0.29, 0.717) is 50.5 Å². The Hall–Kier alpha value is -3.40. The molecule has 0 bridgehead atoms. The van der Waals surface area contributed by atoms with Gasteiger partial charge in [0.25, 0.3) is 0 Å². The fourth-order valence-electron chi connectivity index (χ4n) is 3.38. The number of hydrogen-bond acceptors (Lipinski definition) is 8. The van der Waals surface area contributed by atoms with Crippen molar-refractivity contribution in [3.63, 3.8) is 0 Å². The molecule has 0 saturated carbocycles. The van der Waals surface area contributed by atoms with Crippen LogP contribution in [0, 0.1) is 13.8 Å². The SMILES string of the molecule is C/C(=C(\CCO)SC(=O)c1ccc(Oc2cccc(Cl)c2)cc1C)N(C=O)Cc1cnc(C)nc1N. The number of aryl methyl sites for hydroxylation is 2. The predicted octanol–water partition coefficient (Wildman–Crippen LogP) is 5.27. The summed E-state index contributed by atoms with van der Waals surface area (Å²) in [5.74, 6) is 1.98. The maximum Gasteiger partial charge on any atom is 0.224 e. The van der Waals surface area contributed by atoms with Gasteiger partial charge in [0.1, 0.15) is 23.1 Å². The van der Waals surface area contributed by atoms with Crippen LogP contribution in [0.15, 0.2) is 59.3 Å². The molecule has 8 nitrogen and oxygen atoms in total. The molecule has 1 heterocycles. The van der Waals surface area contributed by atoms with Crippen molar-refractivity contribution in [1.82, 2.24) is 14.9 Å². The Morgan fingerprint density at radius 2 is 1.97 bits per heavy atom. The number of nitrogens with zero attached hydrogens (tertiary/aromatic N) is 3. The molecule has 2 aromatic carbocycles. The second-order valence-corrected chi connectivity index (χ2v) is 9.47. The number of allylic oxidation sites excluding steroid dienone is 1. The van der Waals surface area contributed by atoms with Gasteiger partial charge < -0.3 is 20.5 Å². The number of halogens is 1. The number of nitrogen functional groups attached to an aromatic ring is 1. The zero-order valence-corrected chi connectivity index (χ0v) is 21.8. The number of carbonyl (C=O) groups is 2. The van der Waals surface area contributed by atoms with Crippen LogP contribution < -0.4 is 10.5 Å². The number of benzene rings is 2. The van der Waals surface area contributed by atoms with E-state index < -0.39 is 0 Å². The number of rotatable bonds is 10. The first-order valence-corrected chi connectivity index (χ1v) is 12.3. The third-order valence-corrected chi connectivity index (χ3v) is 6.71. The van der Waals surface area contributed by atoms with Gasteiger partial charge in [0.15, 0.2) is 0 Å². The van der Waals surface area contributed by atoms with Crippen molar-refractivity contribution < 1.29 is 19.4 Å². The summed E-state index contributed by atoms with van der Waals surface area (Å²) in [4.78, 5) is 35.3. The lowest BCUT2D eigenvalue weighted by atomic mass is 10.1. The van der Waals surface area contributed by atoms with Crippen LogP contribution in [0.2, 0.25) is 5.02 Å². The van der Waals surface area contributed by atoms with Gasteiger partial charge in [-0.3, -0.25) is 9.59 Å². The molecule has 188 valence electrons. The number of aliphatic hydroxyl groups is 1. The fourth-order valence-corrected chi connectivity index (χ4v) is 4.58. The van der Waals surface area contributed by atoms with E-state index in [0.717, 1.165) is 17.3 Å². The zero-order chi connectivity index (χ0) is 26.2. The van der Waals surface area contributed by atoms with Gasteiger partial charge in [0.2, 0.25) is 11.5 Å². The van der Waals surface area contributed by atoms with Gasteiger partial charge >= 0.3 is 0 Å². The molecule has 36 heavy (non-hydrogen) atoms. The highest BCUT2D eigenvalue weighted by Gasteiger charge is 2.19.